The number of phenols is 1. The molecule has 1 aliphatic heterocycles. The van der Waals surface area contributed by atoms with E-state index in [1.54, 1.807) is 17.0 Å². The molecule has 0 radical (unpaired) electrons. The van der Waals surface area contributed by atoms with Crippen molar-refractivity contribution in [1.82, 2.24) is 9.80 Å². The van der Waals surface area contributed by atoms with Crippen LogP contribution in [0.3, 0.4) is 0 Å². The predicted molar refractivity (Wildman–Crippen MR) is 81.2 cm³/mol. The molecule has 0 aliphatic carbocycles. The summed E-state index contributed by atoms with van der Waals surface area (Å²) in [6, 6.07) is 7.30. The number of carbonyl (C=O) groups is 1. The van der Waals surface area contributed by atoms with E-state index in [4.69, 9.17) is 4.74 Å². The van der Waals surface area contributed by atoms with Gasteiger partial charge in [-0.15, -0.1) is 0 Å². The second kappa shape index (κ2) is 6.35. The highest BCUT2D eigenvalue weighted by atomic mass is 16.6. The van der Waals surface area contributed by atoms with E-state index in [0.29, 0.717) is 18.8 Å². The van der Waals surface area contributed by atoms with Crippen LogP contribution in [0.25, 0.3) is 0 Å². The molecule has 1 fully saturated rings. The molecule has 0 spiro atoms. The Morgan fingerprint density at radius 1 is 1.24 bits per heavy atom. The number of phenolic OH excluding ortho intramolecular Hbond substituents is 1. The fourth-order valence-electron chi connectivity index (χ4n) is 2.33. The quantitative estimate of drug-likeness (QED) is 0.909. The van der Waals surface area contributed by atoms with Gasteiger partial charge in [0, 0.05) is 32.7 Å². The summed E-state index contributed by atoms with van der Waals surface area (Å²) in [5.41, 5.74) is 0.635. The highest BCUT2D eigenvalue weighted by Crippen LogP contribution is 2.15. The van der Waals surface area contributed by atoms with Crippen LogP contribution in [0.5, 0.6) is 5.75 Å². The summed E-state index contributed by atoms with van der Waals surface area (Å²) >= 11 is 0. The molecule has 0 atom stereocenters. The average molecular weight is 292 g/mol. The molecule has 1 aliphatic rings. The lowest BCUT2D eigenvalue weighted by atomic mass is 10.2. The Balaban J connectivity index is 1.82. The van der Waals surface area contributed by atoms with Crippen LogP contribution < -0.4 is 0 Å². The van der Waals surface area contributed by atoms with Crippen molar-refractivity contribution in [2.24, 2.45) is 0 Å². The zero-order chi connectivity index (χ0) is 15.5. The Bertz CT molecular complexity index is 489. The minimum absolute atomic E-state index is 0.237. The van der Waals surface area contributed by atoms with E-state index in [2.05, 4.69) is 4.90 Å². The number of rotatable bonds is 2. The molecule has 1 N–H and O–H groups in total. The third kappa shape index (κ3) is 4.93. The van der Waals surface area contributed by atoms with Gasteiger partial charge in [0.15, 0.2) is 0 Å². The monoisotopic (exact) mass is 292 g/mol. The summed E-state index contributed by atoms with van der Waals surface area (Å²) in [5, 5.41) is 9.48. The molecular formula is C16H24N2O3. The first-order chi connectivity index (χ1) is 9.83. The molecule has 5 nitrogen and oxygen atoms in total. The van der Waals surface area contributed by atoms with Crippen LogP contribution in [-0.2, 0) is 11.3 Å². The van der Waals surface area contributed by atoms with Gasteiger partial charge >= 0.3 is 6.09 Å². The summed E-state index contributed by atoms with van der Waals surface area (Å²) < 4.78 is 5.38. The molecular weight excluding hydrogens is 268 g/mol. The van der Waals surface area contributed by atoms with E-state index in [1.165, 1.54) is 0 Å². The maximum atomic E-state index is 12.0. The third-order valence-corrected chi connectivity index (χ3v) is 3.34. The van der Waals surface area contributed by atoms with Gasteiger partial charge in [-0.25, -0.2) is 4.79 Å². The van der Waals surface area contributed by atoms with Crippen LogP contribution in [-0.4, -0.2) is 52.8 Å². The first-order valence-corrected chi connectivity index (χ1v) is 7.32. The van der Waals surface area contributed by atoms with Crippen molar-refractivity contribution in [3.63, 3.8) is 0 Å². The molecule has 5 heteroatoms. The van der Waals surface area contributed by atoms with E-state index in [0.717, 1.165) is 25.2 Å². The second-order valence-corrected chi connectivity index (χ2v) is 6.41. The van der Waals surface area contributed by atoms with Crippen LogP contribution in [0.4, 0.5) is 4.79 Å². The Kier molecular flexibility index (Phi) is 4.73. The normalized spacial score (nSPS) is 16.8. The SMILES string of the molecule is CC(C)(C)OC(=O)N1CCN(Cc2cccc(O)c2)CC1. The van der Waals surface area contributed by atoms with Gasteiger partial charge in [0.2, 0.25) is 0 Å². The maximum Gasteiger partial charge on any atom is 0.410 e. The molecule has 0 aromatic heterocycles. The minimum Gasteiger partial charge on any atom is -0.508 e. The molecule has 116 valence electrons. The highest BCUT2D eigenvalue weighted by Gasteiger charge is 2.25. The fraction of sp³-hybridized carbons (Fsp3) is 0.562. The van der Waals surface area contributed by atoms with Crippen molar-refractivity contribution >= 4 is 6.09 Å². The van der Waals surface area contributed by atoms with Gasteiger partial charge in [-0.2, -0.15) is 0 Å². The largest absolute Gasteiger partial charge is 0.508 e. The smallest absolute Gasteiger partial charge is 0.410 e. The summed E-state index contributed by atoms with van der Waals surface area (Å²) in [4.78, 5) is 16.0. The van der Waals surface area contributed by atoms with Crippen molar-refractivity contribution in [2.45, 2.75) is 32.9 Å². The zero-order valence-corrected chi connectivity index (χ0v) is 13.0. The molecule has 0 bridgehead atoms. The van der Waals surface area contributed by atoms with Crippen LogP contribution >= 0.6 is 0 Å². The summed E-state index contributed by atoms with van der Waals surface area (Å²) in [7, 11) is 0. The minimum atomic E-state index is -0.449. The van der Waals surface area contributed by atoms with Gasteiger partial charge in [-0.3, -0.25) is 4.90 Å². The molecule has 2 rings (SSSR count). The Morgan fingerprint density at radius 3 is 2.48 bits per heavy atom. The van der Waals surface area contributed by atoms with Crippen LogP contribution in [0.2, 0.25) is 0 Å². The number of hydrogen-bond donors (Lipinski definition) is 1. The molecule has 1 amide bonds. The van der Waals surface area contributed by atoms with Crippen LogP contribution in [0.15, 0.2) is 24.3 Å². The van der Waals surface area contributed by atoms with Gasteiger partial charge in [0.05, 0.1) is 0 Å². The Morgan fingerprint density at radius 2 is 1.90 bits per heavy atom. The van der Waals surface area contributed by atoms with E-state index in [-0.39, 0.29) is 6.09 Å². The van der Waals surface area contributed by atoms with Crippen molar-refractivity contribution in [1.29, 1.82) is 0 Å². The van der Waals surface area contributed by atoms with Crippen molar-refractivity contribution in [3.05, 3.63) is 29.8 Å². The number of benzene rings is 1. The van der Waals surface area contributed by atoms with E-state index in [9.17, 15) is 9.90 Å². The molecule has 0 saturated carbocycles. The van der Waals surface area contributed by atoms with Crippen LogP contribution in [0, 0.1) is 0 Å². The Labute approximate surface area is 126 Å². The number of aromatic hydroxyl groups is 1. The molecule has 0 unspecified atom stereocenters. The maximum absolute atomic E-state index is 12.0. The topological polar surface area (TPSA) is 53.0 Å². The predicted octanol–water partition coefficient (Wildman–Crippen LogP) is 2.44. The molecule has 21 heavy (non-hydrogen) atoms. The van der Waals surface area contributed by atoms with Crippen molar-refractivity contribution in [2.75, 3.05) is 26.2 Å². The van der Waals surface area contributed by atoms with Crippen LogP contribution in [0.1, 0.15) is 26.3 Å². The number of ether oxygens (including phenoxy) is 1. The lowest BCUT2D eigenvalue weighted by Gasteiger charge is -2.35. The highest BCUT2D eigenvalue weighted by molar-refractivity contribution is 5.68. The summed E-state index contributed by atoms with van der Waals surface area (Å²) in [6.07, 6.45) is -0.237. The molecule has 1 aromatic carbocycles. The van der Waals surface area contributed by atoms with Gasteiger partial charge < -0.3 is 14.7 Å². The first kappa shape index (κ1) is 15.6. The average Bonchev–Trinajstić information content (AvgIpc) is 2.37. The zero-order valence-electron chi connectivity index (χ0n) is 13.0. The van der Waals surface area contributed by atoms with Gasteiger partial charge in [-0.05, 0) is 38.5 Å². The number of piperazine rings is 1. The van der Waals surface area contributed by atoms with E-state index in [1.807, 2.05) is 32.9 Å². The van der Waals surface area contributed by atoms with E-state index < -0.39 is 5.60 Å². The number of hydrogen-bond acceptors (Lipinski definition) is 4. The van der Waals surface area contributed by atoms with Gasteiger partial charge in [0.1, 0.15) is 11.4 Å². The standard InChI is InChI=1S/C16H24N2O3/c1-16(2,3)21-15(20)18-9-7-17(8-10-18)12-13-5-4-6-14(19)11-13/h4-6,11,19H,7-10,12H2,1-3H3. The third-order valence-electron chi connectivity index (χ3n) is 3.34. The van der Waals surface area contributed by atoms with E-state index >= 15 is 0 Å². The van der Waals surface area contributed by atoms with Crippen molar-refractivity contribution in [3.8, 4) is 5.75 Å². The molecule has 1 heterocycles. The molecule has 1 saturated heterocycles. The lowest BCUT2D eigenvalue weighted by molar-refractivity contribution is 0.0139. The fourth-order valence-corrected chi connectivity index (χ4v) is 2.33. The second-order valence-electron chi connectivity index (χ2n) is 6.41. The lowest BCUT2D eigenvalue weighted by Crippen LogP contribution is -2.49. The summed E-state index contributed by atoms with van der Waals surface area (Å²) in [5.74, 6) is 0.292. The molecule has 1 aromatic rings. The Hall–Kier alpha value is -1.75. The first-order valence-electron chi connectivity index (χ1n) is 7.32. The summed E-state index contributed by atoms with van der Waals surface area (Å²) in [6.45, 7) is 9.40. The number of nitrogens with zero attached hydrogens (tertiary/aromatic N) is 2. The number of amides is 1. The van der Waals surface area contributed by atoms with Gasteiger partial charge in [0.25, 0.3) is 0 Å². The van der Waals surface area contributed by atoms with Gasteiger partial charge in [-0.1, -0.05) is 12.1 Å². The van der Waals surface area contributed by atoms with Crippen molar-refractivity contribution < 1.29 is 14.6 Å². The number of carbonyl (C=O) groups excluding carboxylic acids is 1.